The van der Waals surface area contributed by atoms with Crippen molar-refractivity contribution in [1.29, 1.82) is 0 Å². The summed E-state index contributed by atoms with van der Waals surface area (Å²) in [6.45, 7) is 1.83. The van der Waals surface area contributed by atoms with E-state index in [2.05, 4.69) is 20.1 Å². The van der Waals surface area contributed by atoms with Gasteiger partial charge in [0.05, 0.1) is 5.56 Å². The van der Waals surface area contributed by atoms with Crippen molar-refractivity contribution in [2.24, 2.45) is 0 Å². The molecule has 158 valence electrons. The summed E-state index contributed by atoms with van der Waals surface area (Å²) in [5, 5.41) is 3.44. The zero-order valence-corrected chi connectivity index (χ0v) is 17.8. The predicted molar refractivity (Wildman–Crippen MR) is 118 cm³/mol. The molecule has 3 N–H and O–H groups in total. The van der Waals surface area contributed by atoms with E-state index in [4.69, 9.17) is 5.73 Å². The number of hydrogen-bond donors (Lipinski definition) is 2. The van der Waals surface area contributed by atoms with E-state index in [0.29, 0.717) is 5.13 Å². The maximum Gasteiger partial charge on any atom is 0.212 e. The molecule has 0 aliphatic rings. The first-order valence-electron chi connectivity index (χ1n) is 9.24. The molecule has 0 saturated heterocycles. The third-order valence-corrected chi connectivity index (χ3v) is 5.48. The van der Waals surface area contributed by atoms with Crippen LogP contribution in [-0.2, 0) is 0 Å². The van der Waals surface area contributed by atoms with E-state index in [1.165, 1.54) is 6.07 Å². The monoisotopic (exact) mass is 431 g/mol. The summed E-state index contributed by atoms with van der Waals surface area (Å²) in [4.78, 5) is 20.9. The molecule has 0 fully saturated rings. The average molecular weight is 432 g/mol. The number of rotatable bonds is 8. The molecule has 1 heterocycles. The molecule has 6 nitrogen and oxygen atoms in total. The van der Waals surface area contributed by atoms with Crippen LogP contribution in [-0.4, -0.2) is 49.9 Å². The van der Waals surface area contributed by atoms with Gasteiger partial charge in [-0.1, -0.05) is 17.4 Å². The molecule has 0 unspecified atom stereocenters. The van der Waals surface area contributed by atoms with Crippen LogP contribution in [0.5, 0.6) is 0 Å². The molecule has 9 heteroatoms. The van der Waals surface area contributed by atoms with Gasteiger partial charge in [0.15, 0.2) is 5.13 Å². The van der Waals surface area contributed by atoms with E-state index >= 15 is 0 Å². The Morgan fingerprint density at radius 1 is 1.07 bits per heavy atom. The third-order valence-electron chi connectivity index (χ3n) is 4.49. The Hall–Kier alpha value is -3.04. The van der Waals surface area contributed by atoms with Gasteiger partial charge in [0, 0.05) is 31.5 Å². The van der Waals surface area contributed by atoms with E-state index in [1.54, 1.807) is 0 Å². The number of ketones is 1. The number of likely N-dealkylation sites (N-methyl/N-ethyl adjacent to an activating group) is 2. The molecule has 3 aromatic rings. The van der Waals surface area contributed by atoms with Crippen molar-refractivity contribution < 1.29 is 13.6 Å². The summed E-state index contributed by atoms with van der Waals surface area (Å²) in [5.74, 6) is -2.77. The second kappa shape index (κ2) is 9.19. The molecular weight excluding hydrogens is 408 g/mol. The molecule has 2 aromatic carbocycles. The molecule has 1 aromatic heterocycles. The van der Waals surface area contributed by atoms with Gasteiger partial charge >= 0.3 is 0 Å². The number of aromatic nitrogens is 1. The van der Waals surface area contributed by atoms with Crippen LogP contribution in [0.4, 0.5) is 31.1 Å². The lowest BCUT2D eigenvalue weighted by Gasteiger charge is -2.21. The van der Waals surface area contributed by atoms with E-state index in [0.717, 1.165) is 47.9 Å². The third kappa shape index (κ3) is 4.92. The second-order valence-corrected chi connectivity index (χ2v) is 8.05. The predicted octanol–water partition coefficient (Wildman–Crippen LogP) is 3.98. The SMILES string of the molecule is CN(C)CCN(C)c1ccc(Nc2nc(N)c(C(=O)c3c(F)cccc3F)s2)cc1. The highest BCUT2D eigenvalue weighted by atomic mass is 32.1. The Kier molecular flexibility index (Phi) is 6.63. The van der Waals surface area contributed by atoms with Crippen LogP contribution in [0, 0.1) is 11.6 Å². The zero-order valence-electron chi connectivity index (χ0n) is 16.9. The summed E-state index contributed by atoms with van der Waals surface area (Å²) >= 11 is 0.950. The number of carbonyl (C=O) groups is 1. The van der Waals surface area contributed by atoms with Crippen LogP contribution in [0.25, 0.3) is 0 Å². The molecule has 0 spiro atoms. The Morgan fingerprint density at radius 3 is 2.30 bits per heavy atom. The molecule has 3 rings (SSSR count). The molecule has 0 bridgehead atoms. The van der Waals surface area contributed by atoms with Crippen molar-refractivity contribution in [2.45, 2.75) is 0 Å². The van der Waals surface area contributed by atoms with Crippen LogP contribution in [0.2, 0.25) is 0 Å². The van der Waals surface area contributed by atoms with Gasteiger partial charge in [-0.3, -0.25) is 4.79 Å². The fourth-order valence-electron chi connectivity index (χ4n) is 2.78. The Labute approximate surface area is 177 Å². The number of nitrogen functional groups attached to an aromatic ring is 1. The molecule has 0 atom stereocenters. The summed E-state index contributed by atoms with van der Waals surface area (Å²) in [5.41, 5.74) is 7.02. The first-order valence-corrected chi connectivity index (χ1v) is 10.1. The number of nitrogens with one attached hydrogen (secondary N) is 1. The summed E-state index contributed by atoms with van der Waals surface area (Å²) < 4.78 is 27.9. The molecule has 0 radical (unpaired) electrons. The van der Waals surface area contributed by atoms with Gasteiger partial charge in [-0.15, -0.1) is 0 Å². The topological polar surface area (TPSA) is 74.5 Å². The lowest BCUT2D eigenvalue weighted by Crippen LogP contribution is -2.28. The molecule has 0 amide bonds. The van der Waals surface area contributed by atoms with E-state index in [1.807, 2.05) is 45.4 Å². The number of nitrogens with two attached hydrogens (primary N) is 1. The van der Waals surface area contributed by atoms with Crippen LogP contribution >= 0.6 is 11.3 Å². The largest absolute Gasteiger partial charge is 0.382 e. The summed E-state index contributed by atoms with van der Waals surface area (Å²) in [7, 11) is 6.08. The van der Waals surface area contributed by atoms with Crippen LogP contribution < -0.4 is 16.0 Å². The Bertz CT molecular complexity index is 1020. The molecule has 0 saturated carbocycles. The van der Waals surface area contributed by atoms with Crippen molar-refractivity contribution in [3.05, 3.63) is 64.5 Å². The fraction of sp³-hybridized carbons (Fsp3) is 0.238. The summed E-state index contributed by atoms with van der Waals surface area (Å²) in [6, 6.07) is 11.0. The minimum Gasteiger partial charge on any atom is -0.382 e. The first-order chi connectivity index (χ1) is 14.3. The van der Waals surface area contributed by atoms with Gasteiger partial charge in [-0.05, 0) is 50.5 Å². The molecule has 0 aliphatic carbocycles. The normalized spacial score (nSPS) is 11.0. The number of thiazole rings is 1. The highest BCUT2D eigenvalue weighted by molar-refractivity contribution is 7.18. The molecule has 0 aliphatic heterocycles. The van der Waals surface area contributed by atoms with Crippen LogP contribution in [0.1, 0.15) is 15.2 Å². The number of anilines is 4. The van der Waals surface area contributed by atoms with Crippen molar-refractivity contribution in [3.63, 3.8) is 0 Å². The smallest absolute Gasteiger partial charge is 0.212 e. The van der Waals surface area contributed by atoms with E-state index < -0.39 is 23.0 Å². The zero-order chi connectivity index (χ0) is 21.8. The number of benzene rings is 2. The van der Waals surface area contributed by atoms with Gasteiger partial charge in [0.1, 0.15) is 22.3 Å². The molecule has 30 heavy (non-hydrogen) atoms. The van der Waals surface area contributed by atoms with Crippen molar-refractivity contribution in [3.8, 4) is 0 Å². The maximum absolute atomic E-state index is 13.9. The number of halogens is 2. The highest BCUT2D eigenvalue weighted by Crippen LogP contribution is 2.31. The van der Waals surface area contributed by atoms with Crippen LogP contribution in [0.3, 0.4) is 0 Å². The minimum atomic E-state index is -0.934. The summed E-state index contributed by atoms with van der Waals surface area (Å²) in [6.07, 6.45) is 0. The van der Waals surface area contributed by atoms with Gasteiger partial charge in [0.2, 0.25) is 5.78 Å². The van der Waals surface area contributed by atoms with Crippen molar-refractivity contribution in [2.75, 3.05) is 50.2 Å². The van der Waals surface area contributed by atoms with Gasteiger partial charge in [-0.25, -0.2) is 13.8 Å². The lowest BCUT2D eigenvalue weighted by molar-refractivity contribution is 0.103. The number of hydrogen-bond acceptors (Lipinski definition) is 7. The number of carbonyl (C=O) groups excluding carboxylic acids is 1. The van der Waals surface area contributed by atoms with Gasteiger partial charge in [-0.2, -0.15) is 0 Å². The van der Waals surface area contributed by atoms with Crippen LogP contribution in [0.15, 0.2) is 42.5 Å². The Morgan fingerprint density at radius 2 is 1.70 bits per heavy atom. The van der Waals surface area contributed by atoms with E-state index in [-0.39, 0.29) is 10.7 Å². The van der Waals surface area contributed by atoms with Gasteiger partial charge in [0.25, 0.3) is 0 Å². The standard InChI is InChI=1S/C21H23F2N5OS/c1-27(2)11-12-28(3)14-9-7-13(8-10-14)25-21-26-20(24)19(30-21)18(29)17-15(22)5-4-6-16(17)23/h4-10H,11-12,24H2,1-3H3,(H,25,26). The quantitative estimate of drug-likeness (QED) is 0.526. The maximum atomic E-state index is 13.9. The first kappa shape index (κ1) is 21.7. The fourth-order valence-corrected chi connectivity index (χ4v) is 3.63. The Balaban J connectivity index is 1.74. The number of nitrogens with zero attached hydrogens (tertiary/aromatic N) is 3. The lowest BCUT2D eigenvalue weighted by atomic mass is 10.1. The highest BCUT2D eigenvalue weighted by Gasteiger charge is 2.24. The van der Waals surface area contributed by atoms with Crippen molar-refractivity contribution in [1.82, 2.24) is 9.88 Å². The van der Waals surface area contributed by atoms with Gasteiger partial charge < -0.3 is 20.9 Å². The molecular formula is C21H23F2N5OS. The van der Waals surface area contributed by atoms with Crippen molar-refractivity contribution >= 4 is 39.4 Å². The minimum absolute atomic E-state index is 0.0125. The second-order valence-electron chi connectivity index (χ2n) is 7.06. The average Bonchev–Trinajstić information content (AvgIpc) is 3.06. The van der Waals surface area contributed by atoms with E-state index in [9.17, 15) is 13.6 Å².